The number of carboxylic acid groups (broad SMARTS) is 1. The molecule has 1 aromatic heterocycles. The number of fused-ring (bicyclic) bond motifs is 1. The molecule has 3 fully saturated rings. The first kappa shape index (κ1) is 13.8. The van der Waals surface area contributed by atoms with Gasteiger partial charge in [-0.1, -0.05) is 18.0 Å². The average molecular weight is 304 g/mol. The molecule has 22 heavy (non-hydrogen) atoms. The number of aromatic nitrogens is 1. The number of carbonyl (C=O) groups is 2. The Hall–Kier alpha value is -1.85. The van der Waals surface area contributed by atoms with Gasteiger partial charge in [0.2, 0.25) is 0 Å². The minimum absolute atomic E-state index is 0.0448. The zero-order valence-corrected chi connectivity index (χ0v) is 12.4. The van der Waals surface area contributed by atoms with E-state index in [4.69, 9.17) is 4.52 Å². The van der Waals surface area contributed by atoms with Crippen molar-refractivity contribution in [3.63, 3.8) is 0 Å². The molecule has 1 aromatic rings. The smallest absolute Gasteiger partial charge is 0.326 e. The van der Waals surface area contributed by atoms with E-state index >= 15 is 0 Å². The molecular weight excluding hydrogens is 284 g/mol. The topological polar surface area (TPSA) is 83.6 Å². The van der Waals surface area contributed by atoms with E-state index in [1.807, 2.05) is 0 Å². The average Bonchev–Trinajstić information content (AvgIpc) is 3.12. The van der Waals surface area contributed by atoms with Crippen molar-refractivity contribution in [2.45, 2.75) is 62.9 Å². The van der Waals surface area contributed by atoms with Crippen LogP contribution in [0, 0.1) is 5.92 Å². The van der Waals surface area contributed by atoms with Crippen LogP contribution in [0.2, 0.25) is 0 Å². The van der Waals surface area contributed by atoms with Gasteiger partial charge < -0.3 is 14.5 Å². The minimum Gasteiger partial charge on any atom is -0.480 e. The lowest BCUT2D eigenvalue weighted by Crippen LogP contribution is -2.46. The van der Waals surface area contributed by atoms with Gasteiger partial charge in [0.1, 0.15) is 11.8 Å². The third-order valence-corrected chi connectivity index (χ3v) is 5.33. The van der Waals surface area contributed by atoms with E-state index in [0.717, 1.165) is 44.3 Å². The molecule has 0 spiro atoms. The Bertz CT molecular complexity index is 607. The van der Waals surface area contributed by atoms with E-state index in [1.165, 1.54) is 0 Å². The largest absolute Gasteiger partial charge is 0.480 e. The number of carboxylic acids is 1. The van der Waals surface area contributed by atoms with Crippen LogP contribution in [0.15, 0.2) is 10.6 Å². The Morgan fingerprint density at radius 1 is 1.23 bits per heavy atom. The fourth-order valence-corrected chi connectivity index (χ4v) is 4.06. The SMILES string of the molecule is O=C(O)[C@@H]1C[C@@H]2CCCC[C@@H]2N1C(=O)c1cc(C2CC2)on1. The van der Waals surface area contributed by atoms with Crippen molar-refractivity contribution >= 4 is 11.9 Å². The third kappa shape index (κ3) is 2.21. The van der Waals surface area contributed by atoms with Crippen molar-refractivity contribution in [2.24, 2.45) is 5.92 Å². The highest BCUT2D eigenvalue weighted by Gasteiger charge is 2.48. The predicted octanol–water partition coefficient (Wildman–Crippen LogP) is 2.41. The van der Waals surface area contributed by atoms with Crippen LogP contribution in [0.5, 0.6) is 0 Å². The summed E-state index contributed by atoms with van der Waals surface area (Å²) >= 11 is 0. The molecule has 2 saturated carbocycles. The van der Waals surface area contributed by atoms with Crippen LogP contribution in [0.25, 0.3) is 0 Å². The summed E-state index contributed by atoms with van der Waals surface area (Å²) in [7, 11) is 0. The zero-order valence-electron chi connectivity index (χ0n) is 12.4. The predicted molar refractivity (Wildman–Crippen MR) is 76.4 cm³/mol. The van der Waals surface area contributed by atoms with Gasteiger partial charge in [-0.15, -0.1) is 0 Å². The number of hydrogen-bond donors (Lipinski definition) is 1. The maximum atomic E-state index is 12.8. The van der Waals surface area contributed by atoms with Gasteiger partial charge in [-0.05, 0) is 38.0 Å². The van der Waals surface area contributed by atoms with Gasteiger partial charge in [0.05, 0.1) is 0 Å². The first-order valence-corrected chi connectivity index (χ1v) is 8.17. The van der Waals surface area contributed by atoms with Crippen LogP contribution in [0.3, 0.4) is 0 Å². The van der Waals surface area contributed by atoms with Gasteiger partial charge in [-0.2, -0.15) is 0 Å². The van der Waals surface area contributed by atoms with Crippen molar-refractivity contribution in [3.8, 4) is 0 Å². The van der Waals surface area contributed by atoms with Gasteiger partial charge in [-0.3, -0.25) is 4.79 Å². The van der Waals surface area contributed by atoms with E-state index < -0.39 is 12.0 Å². The first-order valence-electron chi connectivity index (χ1n) is 8.17. The lowest BCUT2D eigenvalue weighted by molar-refractivity contribution is -0.141. The Morgan fingerprint density at radius 2 is 2.00 bits per heavy atom. The van der Waals surface area contributed by atoms with Crippen molar-refractivity contribution in [3.05, 3.63) is 17.5 Å². The number of amides is 1. The van der Waals surface area contributed by atoms with Gasteiger partial charge >= 0.3 is 5.97 Å². The van der Waals surface area contributed by atoms with E-state index in [2.05, 4.69) is 5.16 Å². The molecule has 1 N–H and O–H groups in total. The maximum Gasteiger partial charge on any atom is 0.326 e. The summed E-state index contributed by atoms with van der Waals surface area (Å²) in [5.74, 6) is 0.277. The molecule has 6 heteroatoms. The minimum atomic E-state index is -0.909. The summed E-state index contributed by atoms with van der Waals surface area (Å²) in [5.41, 5.74) is 0.263. The first-order chi connectivity index (χ1) is 10.6. The third-order valence-electron chi connectivity index (χ3n) is 5.33. The fraction of sp³-hybridized carbons (Fsp3) is 0.688. The highest BCUT2D eigenvalue weighted by atomic mass is 16.5. The summed E-state index contributed by atoms with van der Waals surface area (Å²) in [5, 5.41) is 13.4. The number of hydrogen-bond acceptors (Lipinski definition) is 4. The summed E-state index contributed by atoms with van der Waals surface area (Å²) in [6.07, 6.45) is 6.83. The summed E-state index contributed by atoms with van der Waals surface area (Å²) in [6, 6.07) is 1.03. The Labute approximate surface area is 128 Å². The van der Waals surface area contributed by atoms with Crippen molar-refractivity contribution < 1.29 is 19.2 Å². The molecular formula is C16H20N2O4. The molecule has 3 aliphatic rings. The van der Waals surface area contributed by atoms with E-state index in [9.17, 15) is 14.7 Å². The van der Waals surface area contributed by atoms with Crippen LogP contribution in [0.4, 0.5) is 0 Å². The van der Waals surface area contributed by atoms with E-state index in [-0.39, 0.29) is 17.6 Å². The van der Waals surface area contributed by atoms with Gasteiger partial charge in [0, 0.05) is 18.0 Å². The second-order valence-electron chi connectivity index (χ2n) is 6.80. The number of aliphatic carboxylic acids is 1. The number of carbonyl (C=O) groups excluding carboxylic acids is 1. The van der Waals surface area contributed by atoms with Crippen LogP contribution >= 0.6 is 0 Å². The van der Waals surface area contributed by atoms with Crippen molar-refractivity contribution in [2.75, 3.05) is 0 Å². The molecule has 2 heterocycles. The molecule has 0 bridgehead atoms. The normalized spacial score (nSPS) is 31.1. The molecule has 3 atom stereocenters. The molecule has 2 aliphatic carbocycles. The lowest BCUT2D eigenvalue weighted by atomic mass is 9.84. The summed E-state index contributed by atoms with van der Waals surface area (Å²) < 4.78 is 5.26. The number of nitrogens with zero attached hydrogens (tertiary/aromatic N) is 2. The lowest BCUT2D eigenvalue weighted by Gasteiger charge is -2.32. The Morgan fingerprint density at radius 3 is 2.73 bits per heavy atom. The van der Waals surface area contributed by atoms with E-state index in [1.54, 1.807) is 11.0 Å². The standard InChI is InChI=1S/C16H20N2O4/c19-15(11-8-14(22-17-11)9-5-6-9)18-12-4-2-1-3-10(12)7-13(18)16(20)21/h8-10,12-13H,1-7H2,(H,20,21)/t10-,12-,13-/m0/s1. The fourth-order valence-electron chi connectivity index (χ4n) is 4.06. The van der Waals surface area contributed by atoms with Crippen LogP contribution in [-0.4, -0.2) is 39.1 Å². The molecule has 4 rings (SSSR count). The molecule has 0 radical (unpaired) electrons. The molecule has 6 nitrogen and oxygen atoms in total. The zero-order chi connectivity index (χ0) is 15.3. The highest BCUT2D eigenvalue weighted by Crippen LogP contribution is 2.42. The molecule has 1 saturated heterocycles. The molecule has 118 valence electrons. The molecule has 1 aliphatic heterocycles. The number of likely N-dealkylation sites (tertiary alicyclic amines) is 1. The molecule has 0 unspecified atom stereocenters. The van der Waals surface area contributed by atoms with Crippen LogP contribution in [0.1, 0.15) is 67.1 Å². The summed E-state index contributed by atoms with van der Waals surface area (Å²) in [4.78, 5) is 26.0. The Balaban J connectivity index is 1.61. The quantitative estimate of drug-likeness (QED) is 0.927. The van der Waals surface area contributed by atoms with Gasteiger partial charge in [0.25, 0.3) is 5.91 Å². The van der Waals surface area contributed by atoms with Crippen molar-refractivity contribution in [1.29, 1.82) is 0 Å². The van der Waals surface area contributed by atoms with Gasteiger partial charge in [-0.25, -0.2) is 4.79 Å². The Kier molecular flexibility index (Phi) is 3.20. The number of rotatable bonds is 3. The van der Waals surface area contributed by atoms with Crippen LogP contribution < -0.4 is 0 Å². The second kappa shape index (κ2) is 5.11. The van der Waals surface area contributed by atoms with Crippen molar-refractivity contribution in [1.82, 2.24) is 10.1 Å². The molecule has 0 aromatic carbocycles. The van der Waals surface area contributed by atoms with Gasteiger partial charge in [0.15, 0.2) is 5.69 Å². The van der Waals surface area contributed by atoms with E-state index in [0.29, 0.717) is 18.3 Å². The van der Waals surface area contributed by atoms with Crippen LogP contribution in [-0.2, 0) is 4.79 Å². The highest BCUT2D eigenvalue weighted by molar-refractivity contribution is 5.95. The molecule has 1 amide bonds. The monoisotopic (exact) mass is 304 g/mol. The second-order valence-corrected chi connectivity index (χ2v) is 6.80. The maximum absolute atomic E-state index is 12.8. The summed E-state index contributed by atoms with van der Waals surface area (Å²) in [6.45, 7) is 0.